The van der Waals surface area contributed by atoms with Gasteiger partial charge in [-0.3, -0.25) is 0 Å². The van der Waals surface area contributed by atoms with Crippen LogP contribution in [0, 0.1) is 13.8 Å². The van der Waals surface area contributed by atoms with E-state index in [-0.39, 0.29) is 60.2 Å². The summed E-state index contributed by atoms with van der Waals surface area (Å²) in [6.07, 6.45) is 7.76. The van der Waals surface area contributed by atoms with Gasteiger partial charge in [-0.25, -0.2) is 24.3 Å². The Morgan fingerprint density at radius 3 is 1.27 bits per heavy atom. The van der Waals surface area contributed by atoms with Gasteiger partial charge in [-0.2, -0.15) is 34.4 Å². The third-order valence-electron chi connectivity index (χ3n) is 3.90. The summed E-state index contributed by atoms with van der Waals surface area (Å²) in [5, 5.41) is 0. The minimum absolute atomic E-state index is 0. The summed E-state index contributed by atoms with van der Waals surface area (Å²) in [5.41, 5.74) is 5.96. The summed E-state index contributed by atoms with van der Waals surface area (Å²) in [5.74, 6) is 0. The van der Waals surface area contributed by atoms with Gasteiger partial charge >= 0.3 is 26.2 Å². The van der Waals surface area contributed by atoms with Crippen LogP contribution in [0.25, 0.3) is 0 Å². The van der Waals surface area contributed by atoms with E-state index in [4.69, 9.17) is 0 Å². The monoisotopic (exact) mass is 577 g/mol. The minimum atomic E-state index is 0. The van der Waals surface area contributed by atoms with Crippen molar-refractivity contribution in [3.05, 3.63) is 58.7 Å². The third-order valence-corrected chi connectivity index (χ3v) is 3.90. The average molecular weight is 581 g/mol. The Hall–Kier alpha value is 0.760. The third kappa shape index (κ3) is 16.9. The summed E-state index contributed by atoms with van der Waals surface area (Å²) >= 11 is 0. The van der Waals surface area contributed by atoms with Gasteiger partial charge in [-0.1, -0.05) is 79.3 Å². The minimum Gasteiger partial charge on any atom is -1.00 e. The smallest absolute Gasteiger partial charge is 1.00 e. The Morgan fingerprint density at radius 2 is 1.08 bits per heavy atom. The van der Waals surface area contributed by atoms with Crippen molar-refractivity contribution < 1.29 is 60.2 Å². The van der Waals surface area contributed by atoms with E-state index in [0.29, 0.717) is 0 Å². The molecule has 0 unspecified atom stereocenters. The molecule has 2 rings (SSSR count). The predicted molar refractivity (Wildman–Crippen MR) is 110 cm³/mol. The fourth-order valence-corrected chi connectivity index (χ4v) is 2.39. The number of unbranched alkanes of at least 4 members (excludes halogenated alkanes) is 2. The SMILES string of the molecule is CCCC[c-]1cccc1C.CCCC[c-]1cccc1C.C[SiH]C.[Br-].[Br-].[Zr+4]. The molecule has 0 saturated carbocycles. The molecule has 4 heteroatoms. The van der Waals surface area contributed by atoms with E-state index in [0.717, 1.165) is 9.52 Å². The molecule has 0 amide bonds. The number of rotatable bonds is 6. The molecule has 147 valence electrons. The molecule has 2 aromatic rings. The van der Waals surface area contributed by atoms with Crippen molar-refractivity contribution >= 4 is 9.52 Å². The van der Waals surface area contributed by atoms with Crippen molar-refractivity contribution in [3.63, 3.8) is 0 Å². The van der Waals surface area contributed by atoms with E-state index < -0.39 is 0 Å². The molecule has 0 nitrogen and oxygen atoms in total. The van der Waals surface area contributed by atoms with Crippen molar-refractivity contribution in [3.8, 4) is 0 Å². The average Bonchev–Trinajstić information content (AvgIpc) is 3.13. The summed E-state index contributed by atoms with van der Waals surface area (Å²) in [6, 6.07) is 13.1. The molecule has 0 aliphatic carbocycles. The zero-order valence-corrected chi connectivity index (χ0v) is 24.3. The van der Waals surface area contributed by atoms with Crippen LogP contribution in [0.4, 0.5) is 0 Å². The second-order valence-electron chi connectivity index (χ2n) is 6.25. The van der Waals surface area contributed by atoms with E-state index in [1.54, 1.807) is 0 Å². The molecular formula is C22H37Br2SiZr. The first-order valence-electron chi connectivity index (χ1n) is 9.26. The molecular weight excluding hydrogens is 543 g/mol. The van der Waals surface area contributed by atoms with Gasteiger partial charge in [0.15, 0.2) is 0 Å². The van der Waals surface area contributed by atoms with Crippen molar-refractivity contribution in [1.82, 2.24) is 0 Å². The van der Waals surface area contributed by atoms with Crippen LogP contribution < -0.4 is 34.0 Å². The Balaban J connectivity index is -0.000000147. The van der Waals surface area contributed by atoms with Crippen LogP contribution in [0.15, 0.2) is 36.4 Å². The zero-order valence-electron chi connectivity index (χ0n) is 17.5. The van der Waals surface area contributed by atoms with Crippen LogP contribution in [0.1, 0.15) is 61.8 Å². The maximum atomic E-state index is 2.23. The molecule has 0 saturated heterocycles. The molecule has 0 aliphatic heterocycles. The molecule has 0 N–H and O–H groups in total. The maximum absolute atomic E-state index is 2.23. The standard InChI is InChI=1S/2C10H15.C2H7Si.2BrH.Zr/c2*1-3-4-7-10-8-5-6-9(10)2;1-3-2;;;/h2*5-6,8H,3-4,7H2,1-2H3;3H,1-2H3;2*1H;/q2*-1;;;;+4/p-2. The summed E-state index contributed by atoms with van der Waals surface area (Å²) < 4.78 is 0. The molecule has 0 heterocycles. The van der Waals surface area contributed by atoms with E-state index in [1.807, 2.05) is 0 Å². The van der Waals surface area contributed by atoms with E-state index >= 15 is 0 Å². The van der Waals surface area contributed by atoms with E-state index in [1.165, 1.54) is 60.8 Å². The second kappa shape index (κ2) is 23.8. The quantitative estimate of drug-likeness (QED) is 0.348. The summed E-state index contributed by atoms with van der Waals surface area (Å²) in [6.45, 7) is 13.3. The molecule has 0 aliphatic rings. The molecule has 2 aromatic carbocycles. The number of hydrogen-bond donors (Lipinski definition) is 0. The van der Waals surface area contributed by atoms with Gasteiger partial charge in [0.05, 0.1) is 0 Å². The van der Waals surface area contributed by atoms with Gasteiger partial charge in [-0.15, -0.1) is 0 Å². The van der Waals surface area contributed by atoms with Gasteiger partial charge in [0.1, 0.15) is 0 Å². The first-order valence-corrected chi connectivity index (χ1v) is 11.6. The fourth-order valence-electron chi connectivity index (χ4n) is 2.39. The van der Waals surface area contributed by atoms with Crippen LogP contribution in [-0.4, -0.2) is 9.52 Å². The molecule has 0 fully saturated rings. The zero-order chi connectivity index (χ0) is 17.5. The fraction of sp³-hybridized carbons (Fsp3) is 0.545. The van der Waals surface area contributed by atoms with Crippen LogP contribution >= 0.6 is 0 Å². The number of halogens is 2. The normalized spacial score (nSPS) is 8.54. The molecule has 0 spiro atoms. The molecule has 0 aromatic heterocycles. The van der Waals surface area contributed by atoms with Gasteiger partial charge in [0.25, 0.3) is 0 Å². The van der Waals surface area contributed by atoms with E-state index in [2.05, 4.69) is 77.2 Å². The summed E-state index contributed by atoms with van der Waals surface area (Å²) in [4.78, 5) is 0. The Bertz CT molecular complexity index is 448. The molecule has 26 heavy (non-hydrogen) atoms. The maximum Gasteiger partial charge on any atom is 4.00 e. The van der Waals surface area contributed by atoms with Gasteiger partial charge in [0, 0.05) is 9.52 Å². The molecule has 1 radical (unpaired) electrons. The Kier molecular flexibility index (Phi) is 31.4. The van der Waals surface area contributed by atoms with Gasteiger partial charge < -0.3 is 34.0 Å². The molecule has 0 bridgehead atoms. The number of aryl methyl sites for hydroxylation is 4. The van der Waals surface area contributed by atoms with Gasteiger partial charge in [-0.05, 0) is 0 Å². The van der Waals surface area contributed by atoms with Crippen molar-refractivity contribution in [2.45, 2.75) is 79.3 Å². The molecule has 0 atom stereocenters. The summed E-state index contributed by atoms with van der Waals surface area (Å²) in [7, 11) is 0.750. The Labute approximate surface area is 206 Å². The predicted octanol–water partition coefficient (Wildman–Crippen LogP) is 0.638. The van der Waals surface area contributed by atoms with Crippen LogP contribution in [-0.2, 0) is 39.0 Å². The van der Waals surface area contributed by atoms with Crippen molar-refractivity contribution in [2.24, 2.45) is 0 Å². The van der Waals surface area contributed by atoms with Crippen LogP contribution in [0.2, 0.25) is 13.1 Å². The second-order valence-corrected chi connectivity index (χ2v) is 7.41. The Morgan fingerprint density at radius 1 is 0.769 bits per heavy atom. The largest absolute Gasteiger partial charge is 4.00 e. The first kappa shape index (κ1) is 34.3. The van der Waals surface area contributed by atoms with Crippen molar-refractivity contribution in [1.29, 1.82) is 0 Å². The van der Waals surface area contributed by atoms with Crippen LogP contribution in [0.5, 0.6) is 0 Å². The topological polar surface area (TPSA) is 0 Å². The first-order chi connectivity index (χ1) is 11.1. The van der Waals surface area contributed by atoms with Gasteiger partial charge in [0.2, 0.25) is 0 Å². The number of hydrogen-bond acceptors (Lipinski definition) is 0. The van der Waals surface area contributed by atoms with Crippen molar-refractivity contribution in [2.75, 3.05) is 0 Å². The van der Waals surface area contributed by atoms with E-state index in [9.17, 15) is 0 Å². The van der Waals surface area contributed by atoms with Crippen LogP contribution in [0.3, 0.4) is 0 Å².